The van der Waals surface area contributed by atoms with E-state index in [1.807, 2.05) is 60.7 Å². The third-order valence-corrected chi connectivity index (χ3v) is 7.22. The van der Waals surface area contributed by atoms with E-state index in [1.165, 1.54) is 5.56 Å². The number of anilines is 1. The van der Waals surface area contributed by atoms with Crippen LogP contribution >= 0.6 is 11.6 Å². The van der Waals surface area contributed by atoms with E-state index in [0.29, 0.717) is 19.8 Å². The first-order valence-electron chi connectivity index (χ1n) is 13.0. The van der Waals surface area contributed by atoms with Gasteiger partial charge in [-0.3, -0.25) is 0 Å². The van der Waals surface area contributed by atoms with Gasteiger partial charge in [0.25, 0.3) is 0 Å². The highest BCUT2D eigenvalue weighted by Crippen LogP contribution is 2.45. The third kappa shape index (κ3) is 6.21. The summed E-state index contributed by atoms with van der Waals surface area (Å²) in [6, 6.07) is 32.6. The molecule has 5 rings (SSSR count). The Kier molecular flexibility index (Phi) is 8.04. The Morgan fingerprint density at radius 1 is 0.816 bits per heavy atom. The highest BCUT2D eigenvalue weighted by atomic mass is 35.5. The van der Waals surface area contributed by atoms with E-state index in [4.69, 9.17) is 25.8 Å². The van der Waals surface area contributed by atoms with Crippen LogP contribution in [0.1, 0.15) is 47.8 Å². The summed E-state index contributed by atoms with van der Waals surface area (Å²) < 4.78 is 19.8. The lowest BCUT2D eigenvalue weighted by Gasteiger charge is -2.44. The number of halogens is 1. The normalized spacial score (nSPS) is 17.9. The van der Waals surface area contributed by atoms with Gasteiger partial charge in [-0.2, -0.15) is 0 Å². The van der Waals surface area contributed by atoms with E-state index in [2.05, 4.69) is 62.5 Å². The van der Waals surface area contributed by atoms with Gasteiger partial charge in [-0.25, -0.2) is 0 Å². The minimum atomic E-state index is -0.591. The predicted molar refractivity (Wildman–Crippen MR) is 154 cm³/mol. The summed E-state index contributed by atoms with van der Waals surface area (Å²) in [5.74, 6) is 0.817. The van der Waals surface area contributed by atoms with E-state index in [0.717, 1.165) is 38.7 Å². The molecule has 0 radical (unpaired) electrons. The first-order chi connectivity index (χ1) is 18.4. The standard InChI is InChI=1S/C33H34ClNO3/c1-23-10-7-8-14-26(23)22-37-32-31(36-21-24-11-5-4-6-12-24)29-19-28(16-17-30(29)38-33(32,2)3)35-20-25-13-9-15-27(34)18-25/h4-19,31-32,35H,20-22H2,1-3H3. The molecule has 4 aromatic rings. The van der Waals surface area contributed by atoms with E-state index in [1.54, 1.807) is 0 Å². The van der Waals surface area contributed by atoms with Crippen LogP contribution in [0, 0.1) is 6.92 Å². The molecule has 0 aliphatic carbocycles. The molecule has 38 heavy (non-hydrogen) atoms. The van der Waals surface area contributed by atoms with Crippen LogP contribution in [0.4, 0.5) is 5.69 Å². The monoisotopic (exact) mass is 527 g/mol. The Balaban J connectivity index is 1.43. The van der Waals surface area contributed by atoms with Crippen molar-refractivity contribution in [2.75, 3.05) is 5.32 Å². The van der Waals surface area contributed by atoms with Crippen LogP contribution in [0.25, 0.3) is 0 Å². The number of fused-ring (bicyclic) bond motifs is 1. The van der Waals surface area contributed by atoms with Crippen molar-refractivity contribution in [2.24, 2.45) is 0 Å². The molecule has 1 aliphatic rings. The highest BCUT2D eigenvalue weighted by molar-refractivity contribution is 6.30. The molecule has 1 aliphatic heterocycles. The molecule has 2 atom stereocenters. The fourth-order valence-corrected chi connectivity index (χ4v) is 5.08. The predicted octanol–water partition coefficient (Wildman–Crippen LogP) is 8.27. The molecule has 0 bridgehead atoms. The second-order valence-electron chi connectivity index (χ2n) is 10.3. The zero-order valence-electron chi connectivity index (χ0n) is 22.1. The van der Waals surface area contributed by atoms with Crippen molar-refractivity contribution in [1.29, 1.82) is 0 Å². The molecule has 1 N–H and O–H groups in total. The topological polar surface area (TPSA) is 39.7 Å². The molecule has 196 valence electrons. The minimum Gasteiger partial charge on any atom is -0.485 e. The molecular weight excluding hydrogens is 494 g/mol. The molecule has 0 fully saturated rings. The first-order valence-corrected chi connectivity index (χ1v) is 13.4. The van der Waals surface area contributed by atoms with Crippen molar-refractivity contribution in [3.8, 4) is 5.75 Å². The Labute approximate surface area is 230 Å². The maximum absolute atomic E-state index is 6.65. The van der Waals surface area contributed by atoms with Crippen LogP contribution in [-0.4, -0.2) is 11.7 Å². The molecule has 4 nitrogen and oxygen atoms in total. The van der Waals surface area contributed by atoms with Gasteiger partial charge in [-0.15, -0.1) is 0 Å². The Hall–Kier alpha value is -3.31. The maximum Gasteiger partial charge on any atom is 0.132 e. The molecular formula is C33H34ClNO3. The van der Waals surface area contributed by atoms with Crippen molar-refractivity contribution >= 4 is 17.3 Å². The van der Waals surface area contributed by atoms with Gasteiger partial charge in [0, 0.05) is 22.8 Å². The summed E-state index contributed by atoms with van der Waals surface area (Å²) in [6.45, 7) is 7.88. The van der Waals surface area contributed by atoms with Gasteiger partial charge in [0.2, 0.25) is 0 Å². The van der Waals surface area contributed by atoms with Crippen LogP contribution in [0.3, 0.4) is 0 Å². The number of nitrogens with one attached hydrogen (secondary N) is 1. The smallest absolute Gasteiger partial charge is 0.132 e. The van der Waals surface area contributed by atoms with Crippen LogP contribution in [0.15, 0.2) is 97.1 Å². The summed E-state index contributed by atoms with van der Waals surface area (Å²) >= 11 is 6.18. The van der Waals surface area contributed by atoms with Crippen molar-refractivity contribution in [2.45, 2.75) is 58.3 Å². The molecule has 0 aromatic heterocycles. The van der Waals surface area contributed by atoms with Gasteiger partial charge in [0.05, 0.1) is 13.2 Å². The van der Waals surface area contributed by atoms with E-state index < -0.39 is 5.60 Å². The SMILES string of the molecule is Cc1ccccc1COC1C(OCc2ccccc2)c2cc(NCc3cccc(Cl)c3)ccc2OC1(C)C. The maximum atomic E-state index is 6.65. The number of benzene rings is 4. The van der Waals surface area contributed by atoms with Gasteiger partial charge < -0.3 is 19.5 Å². The zero-order chi connectivity index (χ0) is 26.5. The lowest BCUT2D eigenvalue weighted by molar-refractivity contribution is -0.170. The third-order valence-electron chi connectivity index (χ3n) is 6.99. The van der Waals surface area contributed by atoms with Crippen molar-refractivity contribution in [3.63, 3.8) is 0 Å². The van der Waals surface area contributed by atoms with Gasteiger partial charge in [0.15, 0.2) is 0 Å². The van der Waals surface area contributed by atoms with E-state index in [-0.39, 0.29) is 12.2 Å². The van der Waals surface area contributed by atoms with Crippen LogP contribution in [0.5, 0.6) is 5.75 Å². The quantitative estimate of drug-likeness (QED) is 0.238. The number of aryl methyl sites for hydroxylation is 1. The lowest BCUT2D eigenvalue weighted by atomic mass is 9.87. The summed E-state index contributed by atoms with van der Waals surface area (Å²) in [6.07, 6.45) is -0.632. The van der Waals surface area contributed by atoms with Gasteiger partial charge in [0.1, 0.15) is 23.6 Å². The van der Waals surface area contributed by atoms with Crippen LogP contribution < -0.4 is 10.1 Å². The molecule has 5 heteroatoms. The zero-order valence-corrected chi connectivity index (χ0v) is 22.9. The van der Waals surface area contributed by atoms with Crippen LogP contribution in [-0.2, 0) is 29.2 Å². The average molecular weight is 528 g/mol. The van der Waals surface area contributed by atoms with E-state index in [9.17, 15) is 0 Å². The molecule has 2 unspecified atom stereocenters. The summed E-state index contributed by atoms with van der Waals surface area (Å²) in [5.41, 5.74) is 5.97. The summed E-state index contributed by atoms with van der Waals surface area (Å²) in [4.78, 5) is 0. The molecule has 4 aromatic carbocycles. The van der Waals surface area contributed by atoms with Crippen molar-refractivity contribution in [3.05, 3.63) is 130 Å². The Bertz CT molecular complexity index is 1370. The molecule has 0 amide bonds. The fraction of sp³-hybridized carbons (Fsp3) is 0.273. The van der Waals surface area contributed by atoms with Gasteiger partial charge >= 0.3 is 0 Å². The number of rotatable bonds is 9. The second-order valence-corrected chi connectivity index (χ2v) is 10.8. The number of ether oxygens (including phenoxy) is 3. The fourth-order valence-electron chi connectivity index (χ4n) is 4.87. The second kappa shape index (κ2) is 11.6. The summed E-state index contributed by atoms with van der Waals surface area (Å²) in [7, 11) is 0. The Morgan fingerprint density at radius 3 is 2.37 bits per heavy atom. The van der Waals surface area contributed by atoms with Crippen molar-refractivity contribution < 1.29 is 14.2 Å². The lowest BCUT2D eigenvalue weighted by Crippen LogP contribution is -2.51. The molecule has 0 spiro atoms. The van der Waals surface area contributed by atoms with Gasteiger partial charge in [-0.05, 0) is 73.4 Å². The van der Waals surface area contributed by atoms with Gasteiger partial charge in [-0.1, -0.05) is 78.3 Å². The van der Waals surface area contributed by atoms with E-state index >= 15 is 0 Å². The Morgan fingerprint density at radius 2 is 1.58 bits per heavy atom. The summed E-state index contributed by atoms with van der Waals surface area (Å²) in [5, 5.41) is 4.25. The van der Waals surface area contributed by atoms with Crippen molar-refractivity contribution in [1.82, 2.24) is 0 Å². The molecule has 0 saturated carbocycles. The minimum absolute atomic E-state index is 0.314. The highest BCUT2D eigenvalue weighted by Gasteiger charge is 2.45. The number of hydrogen-bond acceptors (Lipinski definition) is 4. The average Bonchev–Trinajstić information content (AvgIpc) is 2.91. The molecule has 1 heterocycles. The number of hydrogen-bond donors (Lipinski definition) is 1. The van der Waals surface area contributed by atoms with Crippen LogP contribution in [0.2, 0.25) is 5.02 Å². The molecule has 0 saturated heterocycles. The first kappa shape index (κ1) is 26.3. The largest absolute Gasteiger partial charge is 0.485 e.